The lowest BCUT2D eigenvalue weighted by Gasteiger charge is -2.18. The Morgan fingerprint density at radius 2 is 1.94 bits per heavy atom. The zero-order valence-corrected chi connectivity index (χ0v) is 19.9. The Balaban J connectivity index is 1.35. The quantitative estimate of drug-likeness (QED) is 0.422. The highest BCUT2D eigenvalue weighted by Crippen LogP contribution is 2.23. The molecule has 0 aliphatic carbocycles. The first-order valence-electron chi connectivity index (χ1n) is 12.1. The number of amides is 1. The summed E-state index contributed by atoms with van der Waals surface area (Å²) in [4.78, 5) is 17.4. The summed E-state index contributed by atoms with van der Waals surface area (Å²) in [5.41, 5.74) is 3.37. The Bertz CT molecular complexity index is 1050. The van der Waals surface area contributed by atoms with Crippen molar-refractivity contribution in [3.63, 3.8) is 0 Å². The predicted octanol–water partition coefficient (Wildman–Crippen LogP) is 5.38. The molecule has 2 heterocycles. The second-order valence-corrected chi connectivity index (χ2v) is 9.12. The van der Waals surface area contributed by atoms with Gasteiger partial charge in [0.2, 0.25) is 5.91 Å². The number of carbonyl (C=O) groups is 1. The van der Waals surface area contributed by atoms with Gasteiger partial charge in [-0.1, -0.05) is 38.1 Å². The van der Waals surface area contributed by atoms with E-state index in [0.717, 1.165) is 54.8 Å². The van der Waals surface area contributed by atoms with Crippen LogP contribution in [0.15, 0.2) is 48.5 Å². The van der Waals surface area contributed by atoms with Gasteiger partial charge in [0.15, 0.2) is 0 Å². The lowest BCUT2D eigenvalue weighted by atomic mass is 10.0. The summed E-state index contributed by atoms with van der Waals surface area (Å²) in [6, 6.07) is 16.3. The molecule has 1 aromatic heterocycles. The molecule has 2 atom stereocenters. The molecule has 1 saturated heterocycles. The molecule has 1 aliphatic rings. The van der Waals surface area contributed by atoms with Gasteiger partial charge in [0.25, 0.3) is 0 Å². The number of nitrogens with one attached hydrogen (secondary N) is 1. The summed E-state index contributed by atoms with van der Waals surface area (Å²) in [7, 11) is 0. The number of fused-ring (bicyclic) bond motifs is 1. The lowest BCUT2D eigenvalue weighted by Crippen LogP contribution is -2.36. The second-order valence-electron chi connectivity index (χ2n) is 9.12. The average molecular weight is 450 g/mol. The van der Waals surface area contributed by atoms with Crippen LogP contribution in [0.2, 0.25) is 0 Å². The summed E-state index contributed by atoms with van der Waals surface area (Å²) in [5.74, 6) is 2.28. The number of ether oxygens (including phenoxy) is 2. The highest BCUT2D eigenvalue weighted by Gasteiger charge is 2.26. The molecule has 2 unspecified atom stereocenters. The monoisotopic (exact) mass is 449 g/mol. The molecule has 1 N–H and O–H groups in total. The Labute approximate surface area is 196 Å². The largest absolute Gasteiger partial charge is 0.494 e. The molecule has 1 aliphatic heterocycles. The van der Waals surface area contributed by atoms with Gasteiger partial charge in [-0.25, -0.2) is 4.98 Å². The van der Waals surface area contributed by atoms with Crippen molar-refractivity contribution in [1.29, 1.82) is 0 Å². The fraction of sp³-hybridized carbons (Fsp3) is 0.481. The van der Waals surface area contributed by atoms with E-state index in [1.54, 1.807) is 0 Å². The van der Waals surface area contributed by atoms with Crippen LogP contribution in [-0.4, -0.2) is 34.8 Å². The lowest BCUT2D eigenvalue weighted by molar-refractivity contribution is -0.130. The van der Waals surface area contributed by atoms with Crippen LogP contribution in [0.1, 0.15) is 69.8 Å². The van der Waals surface area contributed by atoms with Gasteiger partial charge in [-0.15, -0.1) is 0 Å². The van der Waals surface area contributed by atoms with Crippen LogP contribution in [0.5, 0.6) is 5.75 Å². The van der Waals surface area contributed by atoms with Crippen LogP contribution in [0.25, 0.3) is 11.0 Å². The van der Waals surface area contributed by atoms with Crippen molar-refractivity contribution in [1.82, 2.24) is 14.9 Å². The summed E-state index contributed by atoms with van der Waals surface area (Å²) in [5, 5.41) is 3.10. The summed E-state index contributed by atoms with van der Waals surface area (Å²) in [6.07, 6.45) is 3.29. The van der Waals surface area contributed by atoms with E-state index in [9.17, 15) is 4.79 Å². The summed E-state index contributed by atoms with van der Waals surface area (Å²) in [6.45, 7) is 8.54. The number of aryl methyl sites for hydroxylation is 1. The molecule has 0 bridgehead atoms. The predicted molar refractivity (Wildman–Crippen MR) is 131 cm³/mol. The van der Waals surface area contributed by atoms with Crippen LogP contribution in [0.4, 0.5) is 0 Å². The van der Waals surface area contributed by atoms with E-state index in [4.69, 9.17) is 14.5 Å². The smallest absolute Gasteiger partial charge is 0.249 e. The van der Waals surface area contributed by atoms with E-state index < -0.39 is 0 Å². The van der Waals surface area contributed by atoms with E-state index in [1.165, 1.54) is 5.56 Å². The molecule has 2 aromatic carbocycles. The van der Waals surface area contributed by atoms with Crippen LogP contribution in [0.3, 0.4) is 0 Å². The van der Waals surface area contributed by atoms with Crippen molar-refractivity contribution in [3.8, 4) is 5.75 Å². The zero-order chi connectivity index (χ0) is 23.2. The number of rotatable bonds is 10. The highest BCUT2D eigenvalue weighted by atomic mass is 16.5. The first-order valence-corrected chi connectivity index (χ1v) is 12.1. The normalized spacial score (nSPS) is 16.9. The average Bonchev–Trinajstić information content (AvgIpc) is 3.48. The van der Waals surface area contributed by atoms with Gasteiger partial charge in [-0.05, 0) is 68.4 Å². The minimum absolute atomic E-state index is 0.0458. The molecule has 6 heteroatoms. The third kappa shape index (κ3) is 5.74. The van der Waals surface area contributed by atoms with Crippen molar-refractivity contribution in [2.45, 2.75) is 71.1 Å². The molecule has 0 spiro atoms. The maximum atomic E-state index is 12.6. The number of nitrogens with zero attached hydrogens (tertiary/aromatic N) is 2. The third-order valence-corrected chi connectivity index (χ3v) is 6.24. The number of hydrogen-bond donors (Lipinski definition) is 1. The molecule has 33 heavy (non-hydrogen) atoms. The van der Waals surface area contributed by atoms with Crippen molar-refractivity contribution >= 4 is 16.9 Å². The molecule has 4 rings (SSSR count). The molecule has 0 radical (unpaired) electrons. The maximum absolute atomic E-state index is 12.6. The van der Waals surface area contributed by atoms with Gasteiger partial charge in [0, 0.05) is 13.2 Å². The number of benzene rings is 2. The third-order valence-electron chi connectivity index (χ3n) is 6.24. The van der Waals surface area contributed by atoms with Gasteiger partial charge in [-0.2, -0.15) is 0 Å². The molecular formula is C27H35N3O3. The summed E-state index contributed by atoms with van der Waals surface area (Å²) >= 11 is 0. The van der Waals surface area contributed by atoms with Gasteiger partial charge in [0.05, 0.1) is 23.7 Å². The number of aromatic nitrogens is 2. The van der Waals surface area contributed by atoms with Crippen LogP contribution >= 0.6 is 0 Å². The van der Waals surface area contributed by atoms with Gasteiger partial charge < -0.3 is 19.4 Å². The van der Waals surface area contributed by atoms with E-state index >= 15 is 0 Å². The minimum atomic E-state index is -0.336. The van der Waals surface area contributed by atoms with Crippen molar-refractivity contribution < 1.29 is 14.3 Å². The Kier molecular flexibility index (Phi) is 7.65. The Morgan fingerprint density at radius 1 is 1.15 bits per heavy atom. The number of carbonyl (C=O) groups excluding carboxylic acids is 1. The standard InChI is InChI=1S/C27H35N3O3/c1-19(2)21-12-14-22(15-13-21)32-17-7-6-16-30-24-10-5-4-9-23(24)29-26(30)20(3)28-27(31)25-11-8-18-33-25/h4-5,9-10,12-15,19-20,25H,6-8,11,16-18H2,1-3H3,(H,28,31). The first kappa shape index (κ1) is 23.3. The molecule has 1 fully saturated rings. The van der Waals surface area contributed by atoms with Crippen LogP contribution in [0, 0.1) is 0 Å². The van der Waals surface area contributed by atoms with E-state index in [1.807, 2.05) is 25.1 Å². The van der Waals surface area contributed by atoms with Crippen molar-refractivity contribution in [3.05, 3.63) is 59.9 Å². The second kappa shape index (κ2) is 10.8. The fourth-order valence-corrected chi connectivity index (χ4v) is 4.33. The maximum Gasteiger partial charge on any atom is 0.249 e. The molecule has 0 saturated carbocycles. The van der Waals surface area contributed by atoms with Gasteiger partial charge in [-0.3, -0.25) is 4.79 Å². The van der Waals surface area contributed by atoms with Crippen molar-refractivity contribution in [2.24, 2.45) is 0 Å². The number of para-hydroxylation sites is 2. The van der Waals surface area contributed by atoms with Gasteiger partial charge in [0.1, 0.15) is 17.7 Å². The van der Waals surface area contributed by atoms with Crippen molar-refractivity contribution in [2.75, 3.05) is 13.2 Å². The zero-order valence-electron chi connectivity index (χ0n) is 19.9. The number of unbranched alkanes of at least 4 members (excludes halogenated alkanes) is 1. The van der Waals surface area contributed by atoms with E-state index in [-0.39, 0.29) is 18.1 Å². The number of hydrogen-bond acceptors (Lipinski definition) is 4. The first-order chi connectivity index (χ1) is 16.0. The fourth-order valence-electron chi connectivity index (χ4n) is 4.33. The van der Waals surface area contributed by atoms with Gasteiger partial charge >= 0.3 is 0 Å². The molecule has 3 aromatic rings. The molecule has 176 valence electrons. The topological polar surface area (TPSA) is 65.4 Å². The Morgan fingerprint density at radius 3 is 2.67 bits per heavy atom. The molecule has 1 amide bonds. The van der Waals surface area contributed by atoms with Crippen LogP contribution < -0.4 is 10.1 Å². The highest BCUT2D eigenvalue weighted by molar-refractivity contribution is 5.81. The SMILES string of the molecule is CC(C)c1ccc(OCCCCn2c(C(C)NC(=O)C3CCCO3)nc3ccccc32)cc1. The van der Waals surface area contributed by atoms with E-state index in [2.05, 4.69) is 54.1 Å². The minimum Gasteiger partial charge on any atom is -0.494 e. The van der Waals surface area contributed by atoms with Crippen LogP contribution in [-0.2, 0) is 16.1 Å². The Hall–Kier alpha value is -2.86. The molecular weight excluding hydrogens is 414 g/mol. The summed E-state index contributed by atoms with van der Waals surface area (Å²) < 4.78 is 13.7. The molecule has 6 nitrogen and oxygen atoms in total. The number of imidazole rings is 1. The van der Waals surface area contributed by atoms with E-state index in [0.29, 0.717) is 19.1 Å².